The van der Waals surface area contributed by atoms with Crippen molar-refractivity contribution in [2.24, 2.45) is 5.92 Å². The minimum Gasteiger partial charge on any atom is -0.388 e. The third-order valence-electron chi connectivity index (χ3n) is 3.85. The Morgan fingerprint density at radius 1 is 1.18 bits per heavy atom. The van der Waals surface area contributed by atoms with E-state index in [0.29, 0.717) is 0 Å². The van der Waals surface area contributed by atoms with Crippen molar-refractivity contribution in [2.75, 3.05) is 7.05 Å². The van der Waals surface area contributed by atoms with Crippen LogP contribution in [-0.4, -0.2) is 7.05 Å². The highest BCUT2D eigenvalue weighted by Crippen LogP contribution is 2.27. The lowest BCUT2D eigenvalue weighted by Gasteiger charge is -2.21. The molecule has 92 valence electrons. The first-order chi connectivity index (χ1) is 8.29. The summed E-state index contributed by atoms with van der Waals surface area (Å²) in [6.07, 6.45) is 8.40. The van der Waals surface area contributed by atoms with E-state index in [2.05, 4.69) is 36.2 Å². The second-order valence-electron chi connectivity index (χ2n) is 5.13. The van der Waals surface area contributed by atoms with E-state index in [0.717, 1.165) is 11.6 Å². The highest BCUT2D eigenvalue weighted by atomic mass is 14.8. The Bertz CT molecular complexity index is 358. The lowest BCUT2D eigenvalue weighted by Crippen LogP contribution is -2.09. The zero-order valence-electron chi connectivity index (χ0n) is 10.8. The largest absolute Gasteiger partial charge is 0.388 e. The summed E-state index contributed by atoms with van der Waals surface area (Å²) in [5.41, 5.74) is 3.67. The molecule has 0 unspecified atom stereocenters. The molecule has 1 saturated carbocycles. The predicted molar refractivity (Wildman–Crippen MR) is 74.8 cm³/mol. The average Bonchev–Trinajstić information content (AvgIpc) is 2.40. The van der Waals surface area contributed by atoms with Gasteiger partial charge in [0.1, 0.15) is 0 Å². The van der Waals surface area contributed by atoms with Crippen molar-refractivity contribution in [1.82, 2.24) is 5.32 Å². The number of rotatable bonds is 4. The minimum atomic E-state index is 0.919. The summed E-state index contributed by atoms with van der Waals surface area (Å²) in [6.45, 7) is 3.98. The molecule has 0 radical (unpaired) electrons. The van der Waals surface area contributed by atoms with Crippen molar-refractivity contribution in [3.8, 4) is 0 Å². The van der Waals surface area contributed by atoms with Crippen LogP contribution in [0.1, 0.15) is 43.2 Å². The third-order valence-corrected chi connectivity index (χ3v) is 3.85. The van der Waals surface area contributed by atoms with Gasteiger partial charge < -0.3 is 5.32 Å². The molecule has 0 amide bonds. The molecule has 1 aromatic rings. The molecular formula is C16H23N. The molecule has 0 heterocycles. The van der Waals surface area contributed by atoms with Gasteiger partial charge in [-0.2, -0.15) is 0 Å². The van der Waals surface area contributed by atoms with Crippen LogP contribution in [0.25, 0.3) is 5.70 Å². The standard InChI is InChI=1S/C16H23N/c1-13(17-2)16-10-8-15(9-11-16)12-14-6-4-3-5-7-14/h8-11,14,17H,1,3-7,12H2,2H3. The summed E-state index contributed by atoms with van der Waals surface area (Å²) >= 11 is 0. The quantitative estimate of drug-likeness (QED) is 0.823. The molecule has 1 nitrogen and oxygen atoms in total. The maximum Gasteiger partial charge on any atom is 0.0338 e. The van der Waals surface area contributed by atoms with Gasteiger partial charge in [0.2, 0.25) is 0 Å². The Balaban J connectivity index is 1.95. The fourth-order valence-corrected chi connectivity index (χ4v) is 2.71. The topological polar surface area (TPSA) is 12.0 Å². The Hall–Kier alpha value is -1.24. The number of benzene rings is 1. The molecule has 1 aliphatic rings. The zero-order chi connectivity index (χ0) is 12.1. The molecule has 1 fully saturated rings. The van der Waals surface area contributed by atoms with E-state index in [9.17, 15) is 0 Å². The first-order valence-corrected chi connectivity index (χ1v) is 6.75. The first-order valence-electron chi connectivity index (χ1n) is 6.75. The monoisotopic (exact) mass is 229 g/mol. The molecule has 1 aliphatic carbocycles. The molecule has 0 aromatic heterocycles. The lowest BCUT2D eigenvalue weighted by molar-refractivity contribution is 0.356. The Labute approximate surface area is 105 Å². The summed E-state index contributed by atoms with van der Waals surface area (Å²) in [4.78, 5) is 0. The number of hydrogen-bond acceptors (Lipinski definition) is 1. The molecule has 1 aromatic carbocycles. The van der Waals surface area contributed by atoms with Gasteiger partial charge in [-0.05, 0) is 23.5 Å². The van der Waals surface area contributed by atoms with Gasteiger partial charge in [0, 0.05) is 12.7 Å². The van der Waals surface area contributed by atoms with E-state index in [1.807, 2.05) is 7.05 Å². The predicted octanol–water partition coefficient (Wildman–Crippen LogP) is 4.00. The van der Waals surface area contributed by atoms with Crippen LogP contribution in [0, 0.1) is 5.92 Å². The Morgan fingerprint density at radius 2 is 1.82 bits per heavy atom. The normalized spacial score (nSPS) is 16.8. The lowest BCUT2D eigenvalue weighted by atomic mass is 9.85. The molecule has 2 rings (SSSR count). The van der Waals surface area contributed by atoms with Crippen LogP contribution in [-0.2, 0) is 6.42 Å². The summed E-state index contributed by atoms with van der Waals surface area (Å²) in [7, 11) is 1.91. The maximum absolute atomic E-state index is 3.98. The van der Waals surface area contributed by atoms with Crippen molar-refractivity contribution >= 4 is 5.70 Å². The second-order valence-corrected chi connectivity index (χ2v) is 5.13. The number of hydrogen-bond donors (Lipinski definition) is 1. The first kappa shape index (κ1) is 12.2. The second kappa shape index (κ2) is 5.90. The fourth-order valence-electron chi connectivity index (χ4n) is 2.71. The highest BCUT2D eigenvalue weighted by Gasteiger charge is 2.13. The van der Waals surface area contributed by atoms with Crippen molar-refractivity contribution in [2.45, 2.75) is 38.5 Å². The Morgan fingerprint density at radius 3 is 2.41 bits per heavy atom. The maximum atomic E-state index is 3.98. The van der Waals surface area contributed by atoms with Gasteiger partial charge in [0.15, 0.2) is 0 Å². The van der Waals surface area contributed by atoms with Gasteiger partial charge in [-0.1, -0.05) is 62.9 Å². The molecule has 0 saturated heterocycles. The molecule has 17 heavy (non-hydrogen) atoms. The van der Waals surface area contributed by atoms with Crippen LogP contribution in [0.3, 0.4) is 0 Å². The molecular weight excluding hydrogens is 206 g/mol. The van der Waals surface area contributed by atoms with E-state index in [4.69, 9.17) is 0 Å². The van der Waals surface area contributed by atoms with Crippen molar-refractivity contribution in [3.05, 3.63) is 42.0 Å². The van der Waals surface area contributed by atoms with Crippen molar-refractivity contribution in [1.29, 1.82) is 0 Å². The van der Waals surface area contributed by atoms with E-state index in [-0.39, 0.29) is 0 Å². The fraction of sp³-hybridized carbons (Fsp3) is 0.500. The van der Waals surface area contributed by atoms with Crippen LogP contribution in [0.15, 0.2) is 30.8 Å². The molecule has 1 N–H and O–H groups in total. The van der Waals surface area contributed by atoms with E-state index in [1.165, 1.54) is 49.7 Å². The third kappa shape index (κ3) is 3.36. The molecule has 0 bridgehead atoms. The van der Waals surface area contributed by atoms with E-state index in [1.54, 1.807) is 0 Å². The van der Waals surface area contributed by atoms with Crippen molar-refractivity contribution in [3.63, 3.8) is 0 Å². The van der Waals surface area contributed by atoms with E-state index < -0.39 is 0 Å². The average molecular weight is 229 g/mol. The summed E-state index contributed by atoms with van der Waals surface area (Å²) < 4.78 is 0. The highest BCUT2D eigenvalue weighted by molar-refractivity contribution is 5.61. The summed E-state index contributed by atoms with van der Waals surface area (Å²) in [6, 6.07) is 8.87. The van der Waals surface area contributed by atoms with Gasteiger partial charge in [0.25, 0.3) is 0 Å². The van der Waals surface area contributed by atoms with Gasteiger partial charge in [-0.15, -0.1) is 0 Å². The Kier molecular flexibility index (Phi) is 4.24. The smallest absolute Gasteiger partial charge is 0.0338 e. The van der Waals surface area contributed by atoms with Crippen LogP contribution in [0.4, 0.5) is 0 Å². The van der Waals surface area contributed by atoms with Gasteiger partial charge >= 0.3 is 0 Å². The molecule has 0 aliphatic heterocycles. The molecule has 0 spiro atoms. The SMILES string of the molecule is C=C(NC)c1ccc(CC2CCCCC2)cc1. The van der Waals surface area contributed by atoms with Gasteiger partial charge in [-0.3, -0.25) is 0 Å². The van der Waals surface area contributed by atoms with Gasteiger partial charge in [-0.25, -0.2) is 0 Å². The zero-order valence-corrected chi connectivity index (χ0v) is 10.8. The summed E-state index contributed by atoms with van der Waals surface area (Å²) in [5, 5.41) is 3.09. The summed E-state index contributed by atoms with van der Waals surface area (Å²) in [5.74, 6) is 0.919. The van der Waals surface area contributed by atoms with Crippen LogP contribution in [0.5, 0.6) is 0 Å². The van der Waals surface area contributed by atoms with Crippen LogP contribution >= 0.6 is 0 Å². The number of nitrogens with one attached hydrogen (secondary N) is 1. The van der Waals surface area contributed by atoms with Crippen molar-refractivity contribution < 1.29 is 0 Å². The minimum absolute atomic E-state index is 0.919. The van der Waals surface area contributed by atoms with Crippen LogP contribution in [0.2, 0.25) is 0 Å². The molecule has 1 heteroatoms. The van der Waals surface area contributed by atoms with Gasteiger partial charge in [0.05, 0.1) is 0 Å². The van der Waals surface area contributed by atoms with E-state index >= 15 is 0 Å². The van der Waals surface area contributed by atoms with Crippen LogP contribution < -0.4 is 5.32 Å². The molecule has 0 atom stereocenters.